The average molecular weight is 465 g/mol. The number of nitriles is 1. The minimum Gasteiger partial charge on any atom is -0.469 e. The van der Waals surface area contributed by atoms with E-state index in [-0.39, 0.29) is 23.0 Å². The Morgan fingerprint density at radius 1 is 1.21 bits per heavy atom. The molecule has 8 heteroatoms. The van der Waals surface area contributed by atoms with Gasteiger partial charge in [-0.05, 0) is 75.8 Å². The maximum Gasteiger partial charge on any atom is 0.311 e. The van der Waals surface area contributed by atoms with Crippen LogP contribution in [0.1, 0.15) is 46.0 Å². The highest BCUT2D eigenvalue weighted by Crippen LogP contribution is 2.60. The molecule has 182 valence electrons. The molecule has 0 amide bonds. The first-order chi connectivity index (χ1) is 16.4. The summed E-state index contributed by atoms with van der Waals surface area (Å²) in [4.78, 5) is 26.2. The molecule has 4 aliphatic carbocycles. The van der Waals surface area contributed by atoms with E-state index >= 15 is 0 Å². The minimum atomic E-state index is -0.388. The molecule has 34 heavy (non-hydrogen) atoms. The summed E-state index contributed by atoms with van der Waals surface area (Å²) in [6.07, 6.45) is 8.93. The van der Waals surface area contributed by atoms with Crippen molar-refractivity contribution in [2.75, 3.05) is 38.2 Å². The largest absolute Gasteiger partial charge is 0.469 e. The molecule has 6 rings (SSSR count). The minimum absolute atomic E-state index is 0.0256. The van der Waals surface area contributed by atoms with E-state index in [1.54, 1.807) is 0 Å². The molecule has 1 N–H and O–H groups in total. The fraction of sp³-hybridized carbons (Fsp3) is 0.692. The fourth-order valence-electron chi connectivity index (χ4n) is 7.47. The molecule has 5 fully saturated rings. The fourth-order valence-corrected chi connectivity index (χ4v) is 7.47. The van der Waals surface area contributed by atoms with E-state index in [0.717, 1.165) is 69.9 Å². The number of aliphatic imine (C=N–C) groups is 1. The van der Waals surface area contributed by atoms with Gasteiger partial charge in [-0.1, -0.05) is 6.07 Å². The second-order valence-electron chi connectivity index (χ2n) is 11.2. The van der Waals surface area contributed by atoms with E-state index in [4.69, 9.17) is 4.74 Å². The molecule has 8 nitrogen and oxygen atoms in total. The number of nitrogens with zero attached hydrogens (tertiary/aromatic N) is 5. The van der Waals surface area contributed by atoms with Gasteiger partial charge in [0, 0.05) is 38.4 Å². The molecular formula is C26H36N6O2. The summed E-state index contributed by atoms with van der Waals surface area (Å²) in [6.45, 7) is 7.86. The number of ether oxygens (including phenoxy) is 1. The Morgan fingerprint density at radius 2 is 1.91 bits per heavy atom. The smallest absolute Gasteiger partial charge is 0.311 e. The van der Waals surface area contributed by atoms with Crippen LogP contribution in [0.2, 0.25) is 0 Å². The Hall–Kier alpha value is -2.66. The molecular weight excluding hydrogens is 428 g/mol. The number of nitrogens with one attached hydrogen (secondary N) is 1. The van der Waals surface area contributed by atoms with E-state index in [9.17, 15) is 10.1 Å². The zero-order valence-corrected chi connectivity index (χ0v) is 20.5. The van der Waals surface area contributed by atoms with E-state index < -0.39 is 0 Å². The molecule has 0 radical (unpaired) electrons. The van der Waals surface area contributed by atoms with Crippen molar-refractivity contribution < 1.29 is 9.53 Å². The second kappa shape index (κ2) is 8.84. The van der Waals surface area contributed by atoms with Gasteiger partial charge in [-0.2, -0.15) is 10.3 Å². The van der Waals surface area contributed by atoms with E-state index in [0.29, 0.717) is 17.8 Å². The summed E-state index contributed by atoms with van der Waals surface area (Å²) in [6, 6.07) is 6.28. The maximum atomic E-state index is 12.7. The molecule has 5 aliphatic rings. The quantitative estimate of drug-likeness (QED) is 0.310. The lowest BCUT2D eigenvalue weighted by Gasteiger charge is -2.59. The zero-order chi connectivity index (χ0) is 23.9. The van der Waals surface area contributed by atoms with Crippen LogP contribution in [0.4, 0.5) is 5.82 Å². The Kier molecular flexibility index (Phi) is 6.01. The molecule has 2 heterocycles. The normalized spacial score (nSPS) is 33.5. The van der Waals surface area contributed by atoms with Gasteiger partial charge in [0.2, 0.25) is 6.19 Å². The number of aromatic nitrogens is 1. The van der Waals surface area contributed by atoms with Crippen LogP contribution >= 0.6 is 0 Å². The molecule has 0 aromatic carbocycles. The Bertz CT molecular complexity index is 963. The number of methoxy groups -OCH3 is 1. The molecule has 0 spiro atoms. The number of piperazine rings is 1. The third-order valence-electron chi connectivity index (χ3n) is 8.98. The number of amidine groups is 1. The summed E-state index contributed by atoms with van der Waals surface area (Å²) in [5.41, 5.74) is -0.687. The van der Waals surface area contributed by atoms with Crippen molar-refractivity contribution in [2.24, 2.45) is 28.2 Å². The first-order valence-electron chi connectivity index (χ1n) is 12.6. The first kappa shape index (κ1) is 23.1. The van der Waals surface area contributed by atoms with Gasteiger partial charge in [-0.15, -0.1) is 0 Å². The van der Waals surface area contributed by atoms with Crippen molar-refractivity contribution in [3.05, 3.63) is 24.4 Å². The number of esters is 1. The third kappa shape index (κ3) is 3.94. The highest BCUT2D eigenvalue weighted by molar-refractivity contribution is 5.92. The molecule has 4 saturated carbocycles. The predicted octanol–water partition coefficient (Wildman–Crippen LogP) is 2.82. The van der Waals surface area contributed by atoms with Crippen LogP contribution in [0.5, 0.6) is 0 Å². The van der Waals surface area contributed by atoms with Gasteiger partial charge in [-0.3, -0.25) is 9.69 Å². The van der Waals surface area contributed by atoms with E-state index in [2.05, 4.69) is 51.2 Å². The van der Waals surface area contributed by atoms with E-state index in [1.807, 2.05) is 18.3 Å². The SMILES string of the molecule is COC(=O)C12CC3CC(C1)C(NC(=NC#N)C(C)(C)N1CCN(c4ccccn4)CC1)C(C3)C2. The number of hydrogen-bond acceptors (Lipinski definition) is 7. The Labute approximate surface area is 202 Å². The van der Waals surface area contributed by atoms with Crippen molar-refractivity contribution in [3.63, 3.8) is 0 Å². The maximum absolute atomic E-state index is 12.7. The number of rotatable bonds is 5. The lowest BCUT2D eigenvalue weighted by Crippen LogP contribution is -2.66. The van der Waals surface area contributed by atoms with Crippen molar-refractivity contribution in [1.82, 2.24) is 15.2 Å². The van der Waals surface area contributed by atoms with Gasteiger partial charge in [0.15, 0.2) is 0 Å². The van der Waals surface area contributed by atoms with Crippen molar-refractivity contribution >= 4 is 17.6 Å². The summed E-state index contributed by atoms with van der Waals surface area (Å²) in [5.74, 6) is 3.20. The number of hydrogen-bond donors (Lipinski definition) is 1. The standard InChI is InChI=1S/C26H36N6O2/c1-25(2,32-10-8-31(9-11-32)21-6-4-5-7-28-21)23(29-17-27)30-22-19-12-18-13-20(22)16-26(14-18,15-19)24(33)34-3/h4-7,18-20,22H,8-16H2,1-3H3,(H,29,30). The molecule has 1 aromatic rings. The van der Waals surface area contributed by atoms with Gasteiger partial charge >= 0.3 is 5.97 Å². The van der Waals surface area contributed by atoms with Crippen molar-refractivity contribution in [3.8, 4) is 6.19 Å². The van der Waals surface area contributed by atoms with Crippen LogP contribution < -0.4 is 10.2 Å². The van der Waals surface area contributed by atoms with Crippen molar-refractivity contribution in [2.45, 2.75) is 57.5 Å². The second-order valence-corrected chi connectivity index (χ2v) is 11.2. The third-order valence-corrected chi connectivity index (χ3v) is 8.98. The summed E-state index contributed by atoms with van der Waals surface area (Å²) >= 11 is 0. The van der Waals surface area contributed by atoms with Gasteiger partial charge < -0.3 is 15.0 Å². The number of carbonyl (C=O) groups is 1. The Morgan fingerprint density at radius 3 is 2.50 bits per heavy atom. The number of pyridine rings is 1. The van der Waals surface area contributed by atoms with E-state index in [1.165, 1.54) is 7.11 Å². The van der Waals surface area contributed by atoms with Crippen molar-refractivity contribution in [1.29, 1.82) is 5.26 Å². The lowest BCUT2D eigenvalue weighted by atomic mass is 9.48. The van der Waals surface area contributed by atoms with Gasteiger partial charge in [0.05, 0.1) is 18.1 Å². The van der Waals surface area contributed by atoms with Crippen LogP contribution in [0, 0.1) is 34.6 Å². The monoisotopic (exact) mass is 464 g/mol. The van der Waals surface area contributed by atoms with Gasteiger partial charge in [-0.25, -0.2) is 4.98 Å². The van der Waals surface area contributed by atoms with Crippen LogP contribution in [-0.2, 0) is 9.53 Å². The number of carbonyl (C=O) groups excluding carboxylic acids is 1. The molecule has 1 aliphatic heterocycles. The number of anilines is 1. The van der Waals surface area contributed by atoms with Crippen LogP contribution in [0.25, 0.3) is 0 Å². The predicted molar refractivity (Wildman–Crippen MR) is 130 cm³/mol. The molecule has 4 bridgehead atoms. The molecule has 2 atom stereocenters. The average Bonchev–Trinajstić information content (AvgIpc) is 2.85. The van der Waals surface area contributed by atoms with Crippen LogP contribution in [-0.4, -0.2) is 66.6 Å². The summed E-state index contributed by atoms with van der Waals surface area (Å²) in [7, 11) is 1.52. The highest BCUT2D eigenvalue weighted by atomic mass is 16.5. The van der Waals surface area contributed by atoms with Gasteiger partial charge in [0.1, 0.15) is 11.7 Å². The summed E-state index contributed by atoms with van der Waals surface area (Å²) < 4.78 is 5.22. The Balaban J connectivity index is 1.29. The molecule has 2 unspecified atom stereocenters. The molecule has 1 saturated heterocycles. The highest BCUT2D eigenvalue weighted by Gasteiger charge is 2.59. The zero-order valence-electron chi connectivity index (χ0n) is 20.5. The lowest BCUT2D eigenvalue weighted by molar-refractivity contribution is -0.170. The van der Waals surface area contributed by atoms with Gasteiger partial charge in [0.25, 0.3) is 0 Å². The molecule has 1 aromatic heterocycles. The summed E-state index contributed by atoms with van der Waals surface area (Å²) in [5, 5.41) is 13.3. The topological polar surface area (TPSA) is 93.8 Å². The first-order valence-corrected chi connectivity index (χ1v) is 12.6. The van der Waals surface area contributed by atoms with Crippen LogP contribution in [0.3, 0.4) is 0 Å². The van der Waals surface area contributed by atoms with Crippen LogP contribution in [0.15, 0.2) is 29.4 Å².